The van der Waals surface area contributed by atoms with Crippen molar-refractivity contribution in [3.05, 3.63) is 72.6 Å². The Labute approximate surface area is 129 Å². The lowest BCUT2D eigenvalue weighted by atomic mass is 10.4. The zero-order valence-corrected chi connectivity index (χ0v) is 13.2. The number of alkyl halides is 1. The molecule has 0 amide bonds. The molecule has 0 fully saturated rings. The molecular weight excluding hydrogens is 310 g/mol. The molecule has 2 rings (SSSR count). The average Bonchev–Trinajstić information content (AvgIpc) is 2.54. The Balaban J connectivity index is 2.49. The van der Waals surface area contributed by atoms with Crippen LogP contribution in [0.2, 0.25) is 0 Å². The minimum absolute atomic E-state index is 0.0308. The van der Waals surface area contributed by atoms with Crippen molar-refractivity contribution in [1.29, 1.82) is 0 Å². The van der Waals surface area contributed by atoms with Gasteiger partial charge in [-0.3, -0.25) is 4.79 Å². The van der Waals surface area contributed by atoms with Crippen molar-refractivity contribution in [2.75, 3.05) is 5.88 Å². The van der Waals surface area contributed by atoms with Gasteiger partial charge in [-0.05, 0) is 24.3 Å². The van der Waals surface area contributed by atoms with E-state index in [0.717, 1.165) is 10.6 Å². The van der Waals surface area contributed by atoms with Crippen LogP contribution >= 0.6 is 29.5 Å². The SMILES string of the molecule is O=C(C=C[P+](Cl)(c1ccccc1)c1ccccc1)CCl. The lowest BCUT2D eigenvalue weighted by molar-refractivity contribution is -0.112. The van der Waals surface area contributed by atoms with E-state index in [1.54, 1.807) is 0 Å². The van der Waals surface area contributed by atoms with Gasteiger partial charge in [-0.25, -0.2) is 0 Å². The fourth-order valence-electron chi connectivity index (χ4n) is 1.84. The summed E-state index contributed by atoms with van der Waals surface area (Å²) in [5.41, 5.74) is 0. The third-order valence-corrected chi connectivity index (χ3v) is 7.29. The van der Waals surface area contributed by atoms with Gasteiger partial charge in [0.25, 0.3) is 0 Å². The van der Waals surface area contributed by atoms with Crippen molar-refractivity contribution in [3.8, 4) is 0 Å². The molecule has 1 nitrogen and oxygen atoms in total. The molecule has 0 bridgehead atoms. The van der Waals surface area contributed by atoms with Crippen LogP contribution in [0.1, 0.15) is 0 Å². The quantitative estimate of drug-likeness (QED) is 0.459. The van der Waals surface area contributed by atoms with E-state index in [1.165, 1.54) is 6.08 Å². The summed E-state index contributed by atoms with van der Waals surface area (Å²) in [4.78, 5) is 11.5. The van der Waals surface area contributed by atoms with Gasteiger partial charge < -0.3 is 0 Å². The Morgan fingerprint density at radius 3 is 1.80 bits per heavy atom. The molecule has 0 N–H and O–H groups in total. The Hall–Kier alpha value is -1.14. The molecule has 0 heterocycles. The summed E-state index contributed by atoms with van der Waals surface area (Å²) in [5, 5.41) is 2.04. The predicted molar refractivity (Wildman–Crippen MR) is 89.8 cm³/mol. The number of ketones is 1. The molecule has 2 aromatic rings. The largest absolute Gasteiger partial charge is 0.293 e. The first-order valence-corrected chi connectivity index (χ1v) is 9.44. The molecule has 0 spiro atoms. The van der Waals surface area contributed by atoms with Crippen molar-refractivity contribution in [2.24, 2.45) is 0 Å². The van der Waals surface area contributed by atoms with Crippen molar-refractivity contribution in [2.45, 2.75) is 0 Å². The second-order valence-corrected chi connectivity index (χ2v) is 8.69. The number of benzene rings is 2. The lowest BCUT2D eigenvalue weighted by Gasteiger charge is -2.14. The summed E-state index contributed by atoms with van der Waals surface area (Å²) in [5.74, 6) is 1.64. The van der Waals surface area contributed by atoms with E-state index in [1.807, 2.05) is 66.5 Å². The molecule has 0 radical (unpaired) electrons. The zero-order chi connectivity index (χ0) is 14.4. The first-order chi connectivity index (χ1) is 9.66. The van der Waals surface area contributed by atoms with Crippen LogP contribution < -0.4 is 10.6 Å². The molecule has 4 heteroatoms. The summed E-state index contributed by atoms with van der Waals surface area (Å²) in [6.45, 7) is -2.23. The third kappa shape index (κ3) is 3.49. The molecule has 20 heavy (non-hydrogen) atoms. The Bertz CT molecular complexity index is 557. The van der Waals surface area contributed by atoms with E-state index in [-0.39, 0.29) is 11.7 Å². The molecule has 0 aliphatic heterocycles. The molecule has 102 valence electrons. The van der Waals surface area contributed by atoms with Gasteiger partial charge >= 0.3 is 0 Å². The summed E-state index contributed by atoms with van der Waals surface area (Å²) in [6, 6.07) is 19.7. The second-order valence-electron chi connectivity index (χ2n) is 4.22. The maximum atomic E-state index is 11.5. The average molecular weight is 324 g/mol. The van der Waals surface area contributed by atoms with E-state index in [2.05, 4.69) is 0 Å². The van der Waals surface area contributed by atoms with Gasteiger partial charge in [-0.2, -0.15) is 0 Å². The second kappa shape index (κ2) is 7.04. The summed E-state index contributed by atoms with van der Waals surface area (Å²) < 4.78 is 0. The smallest absolute Gasteiger partial charge is 0.203 e. The van der Waals surface area contributed by atoms with Crippen molar-refractivity contribution in [1.82, 2.24) is 0 Å². The predicted octanol–water partition coefficient (Wildman–Crippen LogP) is 4.13. The standard InChI is InChI=1S/C16H14Cl2OP/c17-13-14(19)11-12-20(18,15-7-3-1-4-8-15)16-9-5-2-6-10-16/h1-12H,13H2/q+1. The fourth-order valence-corrected chi connectivity index (χ4v) is 5.00. The number of carbonyl (C=O) groups excluding carboxylic acids is 1. The van der Waals surface area contributed by atoms with Gasteiger partial charge in [0.2, 0.25) is 6.62 Å². The van der Waals surface area contributed by atoms with Crippen LogP contribution in [0.4, 0.5) is 0 Å². The van der Waals surface area contributed by atoms with Gasteiger partial charge in [0.1, 0.15) is 21.8 Å². The maximum absolute atomic E-state index is 11.5. The van der Waals surface area contributed by atoms with Crippen molar-refractivity contribution in [3.63, 3.8) is 0 Å². The van der Waals surface area contributed by atoms with Gasteiger partial charge in [0, 0.05) is 6.08 Å². The van der Waals surface area contributed by atoms with E-state index in [9.17, 15) is 4.79 Å². The van der Waals surface area contributed by atoms with E-state index < -0.39 is 6.62 Å². The number of hydrogen-bond acceptors (Lipinski definition) is 1. The summed E-state index contributed by atoms with van der Waals surface area (Å²) in [7, 11) is 0. The van der Waals surface area contributed by atoms with Crippen molar-refractivity contribution < 1.29 is 4.79 Å². The summed E-state index contributed by atoms with van der Waals surface area (Å²) >= 11 is 12.5. The number of carbonyl (C=O) groups is 1. The maximum Gasteiger partial charge on any atom is 0.203 e. The van der Waals surface area contributed by atoms with Crippen LogP contribution in [0.5, 0.6) is 0 Å². The third-order valence-electron chi connectivity index (χ3n) is 2.86. The van der Waals surface area contributed by atoms with E-state index in [0.29, 0.717) is 0 Å². The van der Waals surface area contributed by atoms with E-state index >= 15 is 0 Å². The number of allylic oxidation sites excluding steroid dienone is 1. The highest BCUT2D eigenvalue weighted by atomic mass is 35.7. The van der Waals surface area contributed by atoms with Gasteiger partial charge in [-0.1, -0.05) is 36.4 Å². The molecule has 0 aliphatic carbocycles. The number of hydrogen-bond donors (Lipinski definition) is 0. The number of halogens is 2. The molecule has 0 atom stereocenters. The Kier molecular flexibility index (Phi) is 5.37. The van der Waals surface area contributed by atoms with Crippen LogP contribution in [0.15, 0.2) is 72.6 Å². The highest BCUT2D eigenvalue weighted by Gasteiger charge is 2.39. The highest BCUT2D eigenvalue weighted by Crippen LogP contribution is 2.62. The minimum Gasteiger partial charge on any atom is -0.293 e. The monoisotopic (exact) mass is 323 g/mol. The Morgan fingerprint density at radius 2 is 1.40 bits per heavy atom. The molecule has 0 saturated heterocycles. The highest BCUT2D eigenvalue weighted by molar-refractivity contribution is 8.12. The zero-order valence-electron chi connectivity index (χ0n) is 10.7. The lowest BCUT2D eigenvalue weighted by Crippen LogP contribution is -2.16. The van der Waals surface area contributed by atoms with Crippen LogP contribution in [-0.4, -0.2) is 11.7 Å². The van der Waals surface area contributed by atoms with Gasteiger partial charge in [-0.15, -0.1) is 11.6 Å². The van der Waals surface area contributed by atoms with Crippen molar-refractivity contribution >= 4 is 45.8 Å². The fraction of sp³-hybridized carbons (Fsp3) is 0.0625. The van der Waals surface area contributed by atoms with E-state index in [4.69, 9.17) is 22.8 Å². The van der Waals surface area contributed by atoms with Crippen LogP contribution in [0.3, 0.4) is 0 Å². The van der Waals surface area contributed by atoms with Crippen LogP contribution in [-0.2, 0) is 4.79 Å². The van der Waals surface area contributed by atoms with Gasteiger partial charge in [0.15, 0.2) is 5.78 Å². The molecule has 0 aromatic heterocycles. The molecule has 0 saturated carbocycles. The van der Waals surface area contributed by atoms with Gasteiger partial charge in [0.05, 0.1) is 11.7 Å². The Morgan fingerprint density at radius 1 is 0.950 bits per heavy atom. The van der Waals surface area contributed by atoms with Crippen LogP contribution in [0, 0.1) is 0 Å². The summed E-state index contributed by atoms with van der Waals surface area (Å²) in [6.07, 6.45) is 1.49. The molecular formula is C16H14Cl2OP+. The number of rotatable bonds is 5. The topological polar surface area (TPSA) is 17.1 Å². The normalized spacial score (nSPS) is 11.7. The first kappa shape index (κ1) is 15.3. The molecule has 0 aliphatic rings. The van der Waals surface area contributed by atoms with Crippen LogP contribution in [0.25, 0.3) is 0 Å². The minimum atomic E-state index is -2.23. The first-order valence-electron chi connectivity index (χ1n) is 6.14. The molecule has 0 unspecified atom stereocenters. The molecule has 2 aromatic carbocycles.